The molecule has 7 heteroatoms. The first-order valence-corrected chi connectivity index (χ1v) is 8.65. The van der Waals surface area contributed by atoms with Gasteiger partial charge in [-0.15, -0.1) is 0 Å². The number of aliphatic imine (C=N–C) groups is 1. The average Bonchev–Trinajstić information content (AvgIpc) is 2.93. The summed E-state index contributed by atoms with van der Waals surface area (Å²) in [6, 6.07) is 9.10. The monoisotopic (exact) mass is 370 g/mol. The number of carbonyl (C=O) groups excluding carboxylic acids is 1. The molecule has 0 saturated heterocycles. The summed E-state index contributed by atoms with van der Waals surface area (Å²) in [5.41, 5.74) is 1.29. The Hall–Kier alpha value is -2.93. The van der Waals surface area contributed by atoms with Gasteiger partial charge in [0.15, 0.2) is 0 Å². The van der Waals surface area contributed by atoms with Crippen LogP contribution in [0.25, 0.3) is 6.08 Å². The van der Waals surface area contributed by atoms with Crippen molar-refractivity contribution < 1.29 is 19.0 Å². The number of ether oxygens (including phenoxy) is 1. The summed E-state index contributed by atoms with van der Waals surface area (Å²) in [5, 5.41) is 10.8. The molecule has 1 aliphatic rings. The number of rotatable bonds is 4. The van der Waals surface area contributed by atoms with E-state index in [1.165, 1.54) is 24.3 Å². The third-order valence-corrected chi connectivity index (χ3v) is 4.45. The number of carbonyl (C=O) groups is 1. The second-order valence-electron chi connectivity index (χ2n) is 5.23. The van der Waals surface area contributed by atoms with E-state index in [2.05, 4.69) is 9.98 Å². The predicted molar refractivity (Wildman–Crippen MR) is 99.6 cm³/mol. The van der Waals surface area contributed by atoms with Crippen LogP contribution in [0.3, 0.4) is 0 Å². The highest BCUT2D eigenvalue weighted by molar-refractivity contribution is 8.18. The minimum absolute atomic E-state index is 0.00137. The fourth-order valence-electron chi connectivity index (χ4n) is 2.24. The minimum Gasteiger partial charge on any atom is -0.506 e. The van der Waals surface area contributed by atoms with Crippen molar-refractivity contribution in [3.63, 3.8) is 0 Å². The van der Waals surface area contributed by atoms with Crippen LogP contribution >= 0.6 is 11.8 Å². The van der Waals surface area contributed by atoms with E-state index in [-0.39, 0.29) is 23.8 Å². The van der Waals surface area contributed by atoms with Gasteiger partial charge >= 0.3 is 5.97 Å². The van der Waals surface area contributed by atoms with Gasteiger partial charge in [0.05, 0.1) is 17.2 Å². The molecule has 1 aliphatic heterocycles. The molecular formula is C19H15FN2O3S. The molecule has 0 saturated carbocycles. The van der Waals surface area contributed by atoms with Crippen molar-refractivity contribution in [2.45, 2.75) is 6.92 Å². The van der Waals surface area contributed by atoms with E-state index in [1.54, 1.807) is 37.5 Å². The number of esters is 1. The largest absolute Gasteiger partial charge is 0.506 e. The summed E-state index contributed by atoms with van der Waals surface area (Å²) in [6.07, 6.45) is 4.99. The van der Waals surface area contributed by atoms with Crippen molar-refractivity contribution in [2.24, 2.45) is 4.99 Å². The molecule has 1 aromatic carbocycles. The molecule has 0 spiro atoms. The second kappa shape index (κ2) is 7.97. The summed E-state index contributed by atoms with van der Waals surface area (Å²) < 4.78 is 18.1. The van der Waals surface area contributed by atoms with Gasteiger partial charge in [0, 0.05) is 12.4 Å². The third-order valence-electron chi connectivity index (χ3n) is 3.43. The highest BCUT2D eigenvalue weighted by Crippen LogP contribution is 2.40. The first kappa shape index (κ1) is 17.9. The number of benzene rings is 1. The molecule has 3 rings (SSSR count). The molecule has 0 radical (unpaired) electrons. The summed E-state index contributed by atoms with van der Waals surface area (Å²) in [4.78, 5) is 21.1. The Bertz CT molecular complexity index is 906. The fourth-order valence-corrected chi connectivity index (χ4v) is 3.27. The average molecular weight is 370 g/mol. The van der Waals surface area contributed by atoms with Crippen LogP contribution in [0.5, 0.6) is 0 Å². The Labute approximate surface area is 153 Å². The third kappa shape index (κ3) is 4.00. The molecule has 5 nitrogen and oxygen atoms in total. The number of aliphatic hydroxyl groups excluding tert-OH is 1. The zero-order valence-electron chi connectivity index (χ0n) is 13.8. The van der Waals surface area contributed by atoms with E-state index >= 15 is 0 Å². The maximum atomic E-state index is 13.1. The zero-order valence-corrected chi connectivity index (χ0v) is 14.7. The van der Waals surface area contributed by atoms with Crippen molar-refractivity contribution >= 4 is 34.5 Å². The number of hydrogen-bond donors (Lipinski definition) is 1. The highest BCUT2D eigenvalue weighted by atomic mass is 32.2. The van der Waals surface area contributed by atoms with E-state index in [4.69, 9.17) is 4.74 Å². The molecule has 2 aromatic rings. The van der Waals surface area contributed by atoms with Gasteiger partial charge in [-0.25, -0.2) is 14.2 Å². The van der Waals surface area contributed by atoms with Gasteiger partial charge in [-0.05, 0) is 55.0 Å². The number of nitrogens with zero attached hydrogens (tertiary/aromatic N) is 2. The van der Waals surface area contributed by atoms with E-state index in [0.29, 0.717) is 15.6 Å². The molecule has 0 atom stereocenters. The molecule has 26 heavy (non-hydrogen) atoms. The van der Waals surface area contributed by atoms with Crippen LogP contribution in [-0.4, -0.2) is 27.7 Å². The topological polar surface area (TPSA) is 71.8 Å². The Kier molecular flexibility index (Phi) is 5.48. The van der Waals surface area contributed by atoms with Crippen LogP contribution in [0, 0.1) is 5.82 Å². The van der Waals surface area contributed by atoms with Crippen molar-refractivity contribution in [3.8, 4) is 0 Å². The number of halogens is 1. The minimum atomic E-state index is -0.656. The molecule has 1 aromatic heterocycles. The summed E-state index contributed by atoms with van der Waals surface area (Å²) in [7, 11) is 0. The Morgan fingerprint density at radius 1 is 1.27 bits per heavy atom. The van der Waals surface area contributed by atoms with Crippen molar-refractivity contribution in [1.82, 2.24) is 4.98 Å². The first-order chi connectivity index (χ1) is 12.6. The van der Waals surface area contributed by atoms with Crippen LogP contribution in [0.4, 0.5) is 10.1 Å². The molecule has 132 valence electrons. The smallest absolute Gasteiger partial charge is 0.344 e. The number of aromatic nitrogens is 1. The molecule has 0 aliphatic carbocycles. The van der Waals surface area contributed by atoms with Crippen LogP contribution in [0.2, 0.25) is 0 Å². The van der Waals surface area contributed by atoms with Crippen LogP contribution < -0.4 is 0 Å². The lowest BCUT2D eigenvalue weighted by atomic mass is 10.2. The number of aliphatic hydroxyl groups is 1. The van der Waals surface area contributed by atoms with Crippen molar-refractivity contribution in [1.29, 1.82) is 0 Å². The zero-order chi connectivity index (χ0) is 18.5. The number of thioether (sulfide) groups is 1. The van der Waals surface area contributed by atoms with Gasteiger partial charge in [0.1, 0.15) is 22.2 Å². The van der Waals surface area contributed by atoms with Crippen molar-refractivity contribution in [3.05, 3.63) is 76.4 Å². The van der Waals surface area contributed by atoms with Crippen molar-refractivity contribution in [2.75, 3.05) is 6.61 Å². The van der Waals surface area contributed by atoms with E-state index in [1.807, 2.05) is 0 Å². The quantitative estimate of drug-likeness (QED) is 0.807. The summed E-state index contributed by atoms with van der Waals surface area (Å²) in [6.45, 7) is 1.86. The van der Waals surface area contributed by atoms with Gasteiger partial charge in [-0.1, -0.05) is 11.8 Å². The van der Waals surface area contributed by atoms with Gasteiger partial charge in [0.2, 0.25) is 0 Å². The lowest BCUT2D eigenvalue weighted by Crippen LogP contribution is -2.12. The van der Waals surface area contributed by atoms with Gasteiger partial charge in [0.25, 0.3) is 0 Å². The molecule has 0 fully saturated rings. The van der Waals surface area contributed by atoms with Crippen LogP contribution in [0.15, 0.2) is 70.0 Å². The van der Waals surface area contributed by atoms with E-state index in [9.17, 15) is 14.3 Å². The standard InChI is InChI=1S/C19H15FN2O3S/c1-2-25-19(24)16-17(23)15(11-12-7-9-21-10-8-12)26-18(16)22-14-5-3-13(20)4-6-14/h3-11,23H,2H2,1H3/b15-11+,22-18?. The fraction of sp³-hybridized carbons (Fsp3) is 0.105. The lowest BCUT2D eigenvalue weighted by Gasteiger charge is -2.03. The lowest BCUT2D eigenvalue weighted by molar-refractivity contribution is -0.138. The van der Waals surface area contributed by atoms with Crippen LogP contribution in [-0.2, 0) is 9.53 Å². The number of hydrogen-bond acceptors (Lipinski definition) is 6. The van der Waals surface area contributed by atoms with Crippen LogP contribution in [0.1, 0.15) is 12.5 Å². The molecule has 0 amide bonds. The number of pyridine rings is 1. The summed E-state index contributed by atoms with van der Waals surface area (Å²) >= 11 is 1.15. The summed E-state index contributed by atoms with van der Waals surface area (Å²) in [5.74, 6) is -1.22. The Balaban J connectivity index is 2.02. The molecular weight excluding hydrogens is 355 g/mol. The van der Waals surface area contributed by atoms with Gasteiger partial charge < -0.3 is 9.84 Å². The molecule has 0 bridgehead atoms. The highest BCUT2D eigenvalue weighted by Gasteiger charge is 2.33. The normalized spacial score (nSPS) is 17.2. The maximum Gasteiger partial charge on any atom is 0.344 e. The second-order valence-corrected chi connectivity index (χ2v) is 6.26. The predicted octanol–water partition coefficient (Wildman–Crippen LogP) is 4.41. The first-order valence-electron chi connectivity index (χ1n) is 7.83. The SMILES string of the molecule is CCOC(=O)C1=C(O)/C(=C\c2ccncc2)SC1=Nc1ccc(F)cc1. The van der Waals surface area contributed by atoms with E-state index < -0.39 is 5.97 Å². The molecule has 0 unspecified atom stereocenters. The Morgan fingerprint density at radius 2 is 1.96 bits per heavy atom. The van der Waals surface area contributed by atoms with E-state index in [0.717, 1.165) is 17.3 Å². The molecule has 1 N–H and O–H groups in total. The maximum absolute atomic E-state index is 13.1. The van der Waals surface area contributed by atoms with Gasteiger partial charge in [-0.2, -0.15) is 0 Å². The molecule has 2 heterocycles. The Morgan fingerprint density at radius 3 is 2.62 bits per heavy atom. The van der Waals surface area contributed by atoms with Gasteiger partial charge in [-0.3, -0.25) is 4.98 Å².